The fraction of sp³-hybridized carbons (Fsp3) is 0.391. The highest BCUT2D eigenvalue weighted by atomic mass is 32.1. The summed E-state index contributed by atoms with van der Waals surface area (Å²) in [6.45, 7) is 4.49. The number of hydrogen-bond donors (Lipinski definition) is 1. The predicted octanol–water partition coefficient (Wildman–Crippen LogP) is 3.90. The van der Waals surface area contributed by atoms with E-state index in [2.05, 4.69) is 28.3 Å². The van der Waals surface area contributed by atoms with E-state index in [1.165, 1.54) is 0 Å². The van der Waals surface area contributed by atoms with E-state index in [1.807, 2.05) is 35.2 Å². The van der Waals surface area contributed by atoms with E-state index < -0.39 is 0 Å². The van der Waals surface area contributed by atoms with Gasteiger partial charge in [-0.05, 0) is 43.3 Å². The lowest BCUT2D eigenvalue weighted by Gasteiger charge is -2.31. The number of piperidine rings is 1. The van der Waals surface area contributed by atoms with E-state index >= 15 is 0 Å². The molecule has 1 aliphatic rings. The largest absolute Gasteiger partial charge is 0.496 e. The van der Waals surface area contributed by atoms with Gasteiger partial charge >= 0.3 is 0 Å². The molecular formula is C23H27N3O3S. The lowest BCUT2D eigenvalue weighted by atomic mass is 9.95. The van der Waals surface area contributed by atoms with E-state index in [0.717, 1.165) is 33.8 Å². The minimum atomic E-state index is -0.0646. The van der Waals surface area contributed by atoms with Crippen LogP contribution in [0.15, 0.2) is 41.8 Å². The molecule has 0 aliphatic carbocycles. The molecule has 0 spiro atoms. The minimum Gasteiger partial charge on any atom is -0.496 e. The molecule has 3 aromatic rings. The summed E-state index contributed by atoms with van der Waals surface area (Å²) in [6.07, 6.45) is 1.37. The van der Waals surface area contributed by atoms with E-state index in [9.17, 15) is 9.59 Å². The summed E-state index contributed by atoms with van der Waals surface area (Å²) in [6, 6.07) is 11.8. The Balaban J connectivity index is 1.34. The molecular weight excluding hydrogens is 398 g/mol. The molecule has 0 unspecified atom stereocenters. The summed E-state index contributed by atoms with van der Waals surface area (Å²) in [5.41, 5.74) is 2.83. The van der Waals surface area contributed by atoms with Crippen LogP contribution >= 0.6 is 11.3 Å². The molecule has 1 saturated heterocycles. The number of aryl methyl sites for hydroxylation is 1. The summed E-state index contributed by atoms with van der Waals surface area (Å²) in [4.78, 5) is 27.6. The van der Waals surface area contributed by atoms with Crippen molar-refractivity contribution in [3.05, 3.63) is 53.0 Å². The first-order valence-corrected chi connectivity index (χ1v) is 11.3. The number of hydrogen-bond acceptors (Lipinski definition) is 4. The Morgan fingerprint density at radius 2 is 1.97 bits per heavy atom. The van der Waals surface area contributed by atoms with Crippen LogP contribution in [0.5, 0.6) is 5.75 Å². The molecule has 30 heavy (non-hydrogen) atoms. The molecule has 1 aromatic carbocycles. The zero-order valence-electron chi connectivity index (χ0n) is 17.4. The average molecular weight is 426 g/mol. The first kappa shape index (κ1) is 20.5. The molecule has 1 fully saturated rings. The molecule has 3 heterocycles. The third-order valence-corrected chi connectivity index (χ3v) is 6.71. The fourth-order valence-electron chi connectivity index (χ4n) is 4.18. The summed E-state index contributed by atoms with van der Waals surface area (Å²) < 4.78 is 8.57. The molecule has 1 aliphatic heterocycles. The van der Waals surface area contributed by atoms with Crippen molar-refractivity contribution >= 4 is 33.4 Å². The molecule has 0 bridgehead atoms. The summed E-state index contributed by atoms with van der Waals surface area (Å²) >= 11 is 1.66. The van der Waals surface area contributed by atoms with Gasteiger partial charge in [0, 0.05) is 37.7 Å². The van der Waals surface area contributed by atoms with Crippen LogP contribution in [0, 0.1) is 5.92 Å². The normalized spacial score (nSPS) is 14.8. The highest BCUT2D eigenvalue weighted by molar-refractivity contribution is 7.17. The molecule has 4 rings (SSSR count). The SMILES string of the molecule is CCn1c(C(=O)N2CCC(C(=O)NCc3ccccc3OC)CC2)cc2sccc21. The Kier molecular flexibility index (Phi) is 6.08. The summed E-state index contributed by atoms with van der Waals surface area (Å²) in [5.74, 6) is 0.820. The Morgan fingerprint density at radius 3 is 2.70 bits per heavy atom. The third-order valence-electron chi connectivity index (χ3n) is 5.86. The lowest BCUT2D eigenvalue weighted by Crippen LogP contribution is -2.43. The second-order valence-corrected chi connectivity index (χ2v) is 8.49. The van der Waals surface area contributed by atoms with Gasteiger partial charge in [-0.25, -0.2) is 0 Å². The van der Waals surface area contributed by atoms with Crippen molar-refractivity contribution in [2.24, 2.45) is 5.92 Å². The molecule has 0 atom stereocenters. The van der Waals surface area contributed by atoms with Gasteiger partial charge in [-0.15, -0.1) is 11.3 Å². The van der Waals surface area contributed by atoms with Gasteiger partial charge in [0.25, 0.3) is 5.91 Å². The molecule has 158 valence electrons. The van der Waals surface area contributed by atoms with Crippen molar-refractivity contribution < 1.29 is 14.3 Å². The fourth-order valence-corrected chi connectivity index (χ4v) is 5.00. The number of carbonyl (C=O) groups excluding carboxylic acids is 2. The number of rotatable bonds is 6. The van der Waals surface area contributed by atoms with Crippen molar-refractivity contribution in [1.29, 1.82) is 0 Å². The number of methoxy groups -OCH3 is 1. The zero-order chi connectivity index (χ0) is 21.1. The second kappa shape index (κ2) is 8.92. The number of fused-ring (bicyclic) bond motifs is 1. The third kappa shape index (κ3) is 3.94. The molecule has 7 heteroatoms. The highest BCUT2D eigenvalue weighted by Gasteiger charge is 2.29. The Morgan fingerprint density at radius 1 is 1.20 bits per heavy atom. The van der Waals surface area contributed by atoms with Gasteiger partial charge in [-0.1, -0.05) is 18.2 Å². The average Bonchev–Trinajstić information content (AvgIpc) is 3.38. The van der Waals surface area contributed by atoms with Crippen LogP contribution in [0.3, 0.4) is 0 Å². The van der Waals surface area contributed by atoms with Gasteiger partial charge in [0.15, 0.2) is 0 Å². The van der Waals surface area contributed by atoms with Crippen molar-refractivity contribution in [2.45, 2.75) is 32.9 Å². The molecule has 2 aromatic heterocycles. The van der Waals surface area contributed by atoms with Crippen molar-refractivity contribution in [2.75, 3.05) is 20.2 Å². The van der Waals surface area contributed by atoms with Gasteiger partial charge in [0.1, 0.15) is 11.4 Å². The number of amides is 2. The van der Waals surface area contributed by atoms with Crippen molar-refractivity contribution in [3.8, 4) is 5.75 Å². The maximum atomic E-state index is 13.1. The molecule has 6 nitrogen and oxygen atoms in total. The topological polar surface area (TPSA) is 63.6 Å². The van der Waals surface area contributed by atoms with Crippen LogP contribution in [-0.2, 0) is 17.9 Å². The standard InChI is InChI=1S/C23H27N3O3S/c1-3-26-18-10-13-30-21(18)14-19(26)23(28)25-11-8-16(9-12-25)22(27)24-15-17-6-4-5-7-20(17)29-2/h4-7,10,13-14,16H,3,8-9,11-12,15H2,1-2H3,(H,24,27). The summed E-state index contributed by atoms with van der Waals surface area (Å²) in [5, 5.41) is 5.08. The van der Waals surface area contributed by atoms with Crippen LogP contribution in [0.25, 0.3) is 10.2 Å². The van der Waals surface area contributed by atoms with Gasteiger partial charge in [-0.2, -0.15) is 0 Å². The van der Waals surface area contributed by atoms with E-state index in [1.54, 1.807) is 18.4 Å². The molecule has 0 saturated carbocycles. The number of likely N-dealkylation sites (tertiary alicyclic amines) is 1. The van der Waals surface area contributed by atoms with Gasteiger partial charge in [-0.3, -0.25) is 9.59 Å². The minimum absolute atomic E-state index is 0.0467. The Bertz CT molecular complexity index is 1050. The van der Waals surface area contributed by atoms with Gasteiger partial charge in [0.05, 0.1) is 17.3 Å². The Hall–Kier alpha value is -2.80. The van der Waals surface area contributed by atoms with Crippen molar-refractivity contribution in [1.82, 2.24) is 14.8 Å². The predicted molar refractivity (Wildman–Crippen MR) is 119 cm³/mol. The van der Waals surface area contributed by atoms with Gasteiger partial charge < -0.3 is 19.5 Å². The number of nitrogens with zero attached hydrogens (tertiary/aromatic N) is 2. The van der Waals surface area contributed by atoms with E-state index in [4.69, 9.17) is 4.74 Å². The number of carbonyl (C=O) groups is 2. The summed E-state index contributed by atoms with van der Waals surface area (Å²) in [7, 11) is 1.63. The number of aromatic nitrogens is 1. The smallest absolute Gasteiger partial charge is 0.270 e. The first-order valence-electron chi connectivity index (χ1n) is 10.4. The van der Waals surface area contributed by atoms with Crippen molar-refractivity contribution in [3.63, 3.8) is 0 Å². The second-order valence-electron chi connectivity index (χ2n) is 7.54. The van der Waals surface area contributed by atoms with Gasteiger partial charge in [0.2, 0.25) is 5.91 Å². The molecule has 0 radical (unpaired) electrons. The van der Waals surface area contributed by atoms with E-state index in [-0.39, 0.29) is 17.7 Å². The van der Waals surface area contributed by atoms with Crippen LogP contribution in [0.4, 0.5) is 0 Å². The number of para-hydroxylation sites is 1. The number of benzene rings is 1. The number of ether oxygens (including phenoxy) is 1. The van der Waals surface area contributed by atoms with Crippen LogP contribution in [-0.4, -0.2) is 41.5 Å². The molecule has 2 amide bonds. The molecule has 1 N–H and O–H groups in total. The highest BCUT2D eigenvalue weighted by Crippen LogP contribution is 2.27. The Labute approximate surface area is 180 Å². The van der Waals surface area contributed by atoms with Crippen LogP contribution in [0.1, 0.15) is 35.8 Å². The maximum absolute atomic E-state index is 13.1. The number of nitrogens with one attached hydrogen (secondary N) is 1. The van der Waals surface area contributed by atoms with Crippen LogP contribution < -0.4 is 10.1 Å². The first-order chi connectivity index (χ1) is 14.6. The zero-order valence-corrected chi connectivity index (χ0v) is 18.2. The monoisotopic (exact) mass is 425 g/mol. The lowest BCUT2D eigenvalue weighted by molar-refractivity contribution is -0.126. The quantitative estimate of drug-likeness (QED) is 0.652. The maximum Gasteiger partial charge on any atom is 0.270 e. The van der Waals surface area contributed by atoms with E-state index in [0.29, 0.717) is 32.5 Å². The van der Waals surface area contributed by atoms with Crippen LogP contribution in [0.2, 0.25) is 0 Å². The number of thiophene rings is 1.